The maximum atomic E-state index is 12.5. The third kappa shape index (κ3) is 4.43. The number of benzene rings is 3. The minimum atomic E-state index is -0.0866. The van der Waals surface area contributed by atoms with E-state index in [-0.39, 0.29) is 11.9 Å². The molecular formula is C22H21IN2O. The fourth-order valence-corrected chi connectivity index (χ4v) is 3.35. The number of carbonyl (C=O) groups excluding carboxylic acids is 1. The largest absolute Gasteiger partial charge is 0.379 e. The van der Waals surface area contributed by atoms with Gasteiger partial charge in [0.25, 0.3) is 5.91 Å². The number of carbonyl (C=O) groups is 1. The molecule has 0 bridgehead atoms. The van der Waals surface area contributed by atoms with Gasteiger partial charge in [-0.05, 0) is 77.9 Å². The van der Waals surface area contributed by atoms with Crippen molar-refractivity contribution in [1.82, 2.24) is 0 Å². The minimum Gasteiger partial charge on any atom is -0.379 e. The number of halogens is 1. The van der Waals surface area contributed by atoms with Crippen LogP contribution < -0.4 is 10.6 Å². The van der Waals surface area contributed by atoms with Crippen LogP contribution in [0, 0.1) is 10.5 Å². The Morgan fingerprint density at radius 1 is 0.885 bits per heavy atom. The van der Waals surface area contributed by atoms with Gasteiger partial charge in [0.2, 0.25) is 0 Å². The van der Waals surface area contributed by atoms with E-state index in [1.165, 1.54) is 5.56 Å². The highest BCUT2D eigenvalue weighted by Gasteiger charge is 2.11. The van der Waals surface area contributed by atoms with E-state index in [0.29, 0.717) is 5.56 Å². The Kier molecular flexibility index (Phi) is 5.93. The van der Waals surface area contributed by atoms with Crippen molar-refractivity contribution in [3.63, 3.8) is 0 Å². The second kappa shape index (κ2) is 8.36. The average Bonchev–Trinajstić information content (AvgIpc) is 2.66. The number of anilines is 2. The summed E-state index contributed by atoms with van der Waals surface area (Å²) >= 11 is 2.22. The number of hydrogen-bond acceptors (Lipinski definition) is 2. The van der Waals surface area contributed by atoms with Crippen LogP contribution in [0.15, 0.2) is 72.8 Å². The highest BCUT2D eigenvalue weighted by atomic mass is 127. The minimum absolute atomic E-state index is 0.0866. The van der Waals surface area contributed by atoms with Crippen LogP contribution in [0.3, 0.4) is 0 Å². The van der Waals surface area contributed by atoms with Crippen molar-refractivity contribution >= 4 is 39.9 Å². The van der Waals surface area contributed by atoms with Gasteiger partial charge in [-0.3, -0.25) is 4.79 Å². The van der Waals surface area contributed by atoms with Crippen LogP contribution in [-0.2, 0) is 0 Å². The molecule has 0 fully saturated rings. The molecule has 3 aromatic rings. The van der Waals surface area contributed by atoms with Crippen LogP contribution in [0.1, 0.15) is 34.5 Å². The van der Waals surface area contributed by atoms with Crippen LogP contribution in [0.5, 0.6) is 0 Å². The first-order valence-corrected chi connectivity index (χ1v) is 9.60. The van der Waals surface area contributed by atoms with Crippen LogP contribution in [-0.4, -0.2) is 5.91 Å². The van der Waals surface area contributed by atoms with Gasteiger partial charge in [-0.2, -0.15) is 0 Å². The van der Waals surface area contributed by atoms with Crippen molar-refractivity contribution < 1.29 is 4.79 Å². The van der Waals surface area contributed by atoms with Crippen molar-refractivity contribution in [1.29, 1.82) is 0 Å². The first-order chi connectivity index (χ1) is 12.5. The molecular weight excluding hydrogens is 435 g/mol. The normalized spacial score (nSPS) is 11.7. The Hall–Kier alpha value is -2.34. The summed E-state index contributed by atoms with van der Waals surface area (Å²) in [5, 5.41) is 6.44. The molecule has 1 unspecified atom stereocenters. The van der Waals surface area contributed by atoms with Gasteiger partial charge in [-0.15, -0.1) is 0 Å². The van der Waals surface area contributed by atoms with E-state index in [2.05, 4.69) is 52.3 Å². The summed E-state index contributed by atoms with van der Waals surface area (Å²) in [5.41, 5.74) is 4.84. The van der Waals surface area contributed by atoms with Gasteiger partial charge in [0.05, 0.1) is 5.56 Å². The standard InChI is InChI=1S/C22H21IN2O/c1-15-7-6-10-20(21(15)23)22(26)25-19-13-11-18(12-14-19)24-16(2)17-8-4-3-5-9-17/h3-14,16,24H,1-2H3,(H,25,26). The summed E-state index contributed by atoms with van der Waals surface area (Å²) in [7, 11) is 0. The predicted octanol–water partition coefficient (Wildman–Crippen LogP) is 6.03. The van der Waals surface area contributed by atoms with Crippen molar-refractivity contribution in [2.75, 3.05) is 10.6 Å². The molecule has 4 heteroatoms. The Labute approximate surface area is 168 Å². The zero-order valence-electron chi connectivity index (χ0n) is 14.8. The lowest BCUT2D eigenvalue weighted by atomic mass is 10.1. The monoisotopic (exact) mass is 456 g/mol. The third-order valence-electron chi connectivity index (χ3n) is 4.26. The number of rotatable bonds is 5. The van der Waals surface area contributed by atoms with Crippen molar-refractivity contribution in [2.24, 2.45) is 0 Å². The van der Waals surface area contributed by atoms with E-state index in [1.807, 2.05) is 67.6 Å². The van der Waals surface area contributed by atoms with Gasteiger partial charge >= 0.3 is 0 Å². The van der Waals surface area contributed by atoms with E-state index >= 15 is 0 Å². The SMILES string of the molecule is Cc1cccc(C(=O)Nc2ccc(NC(C)c3ccccc3)cc2)c1I. The number of aryl methyl sites for hydroxylation is 1. The van der Waals surface area contributed by atoms with Gasteiger partial charge in [0.15, 0.2) is 0 Å². The molecule has 2 N–H and O–H groups in total. The highest BCUT2D eigenvalue weighted by molar-refractivity contribution is 14.1. The molecule has 0 saturated carbocycles. The summed E-state index contributed by atoms with van der Waals surface area (Å²) in [6.45, 7) is 4.14. The predicted molar refractivity (Wildman–Crippen MR) is 117 cm³/mol. The molecule has 0 spiro atoms. The van der Waals surface area contributed by atoms with Crippen molar-refractivity contribution in [3.8, 4) is 0 Å². The van der Waals surface area contributed by atoms with Gasteiger partial charge in [0, 0.05) is 21.0 Å². The van der Waals surface area contributed by atoms with E-state index in [0.717, 1.165) is 20.5 Å². The molecule has 26 heavy (non-hydrogen) atoms. The van der Waals surface area contributed by atoms with Crippen LogP contribution >= 0.6 is 22.6 Å². The first kappa shape index (κ1) is 18.5. The molecule has 3 nitrogen and oxygen atoms in total. The van der Waals surface area contributed by atoms with Gasteiger partial charge < -0.3 is 10.6 Å². The molecule has 132 valence electrons. The van der Waals surface area contributed by atoms with E-state index in [4.69, 9.17) is 0 Å². The smallest absolute Gasteiger partial charge is 0.256 e. The fraction of sp³-hybridized carbons (Fsp3) is 0.136. The lowest BCUT2D eigenvalue weighted by Crippen LogP contribution is -2.14. The molecule has 1 atom stereocenters. The summed E-state index contributed by atoms with van der Waals surface area (Å²) < 4.78 is 0.984. The van der Waals surface area contributed by atoms with Crippen LogP contribution in [0.2, 0.25) is 0 Å². The second-order valence-corrected chi connectivity index (χ2v) is 7.32. The van der Waals surface area contributed by atoms with Gasteiger partial charge in [0.1, 0.15) is 0 Å². The first-order valence-electron chi connectivity index (χ1n) is 8.52. The number of nitrogens with one attached hydrogen (secondary N) is 2. The summed E-state index contributed by atoms with van der Waals surface area (Å²) in [4.78, 5) is 12.5. The van der Waals surface area contributed by atoms with E-state index < -0.39 is 0 Å². The molecule has 0 saturated heterocycles. The average molecular weight is 456 g/mol. The lowest BCUT2D eigenvalue weighted by molar-refractivity contribution is 0.102. The molecule has 1 amide bonds. The molecule has 0 aromatic heterocycles. The third-order valence-corrected chi connectivity index (χ3v) is 5.69. The Bertz CT molecular complexity index is 892. The molecule has 3 rings (SSSR count). The summed E-state index contributed by atoms with van der Waals surface area (Å²) in [5.74, 6) is -0.0866. The van der Waals surface area contributed by atoms with Crippen molar-refractivity contribution in [2.45, 2.75) is 19.9 Å². The zero-order chi connectivity index (χ0) is 18.5. The van der Waals surface area contributed by atoms with Crippen molar-refractivity contribution in [3.05, 3.63) is 93.1 Å². The van der Waals surface area contributed by atoms with Gasteiger partial charge in [-0.1, -0.05) is 42.5 Å². The molecule has 0 aliphatic rings. The summed E-state index contributed by atoms with van der Waals surface area (Å²) in [6, 6.07) is 24.1. The highest BCUT2D eigenvalue weighted by Crippen LogP contribution is 2.22. The lowest BCUT2D eigenvalue weighted by Gasteiger charge is -2.16. The maximum absolute atomic E-state index is 12.5. The number of amides is 1. The molecule has 0 aliphatic carbocycles. The topological polar surface area (TPSA) is 41.1 Å². The molecule has 0 aliphatic heterocycles. The Morgan fingerprint density at radius 2 is 1.54 bits per heavy atom. The summed E-state index contributed by atoms with van der Waals surface area (Å²) in [6.07, 6.45) is 0. The maximum Gasteiger partial charge on any atom is 0.256 e. The Balaban J connectivity index is 1.66. The molecule has 0 radical (unpaired) electrons. The number of hydrogen-bond donors (Lipinski definition) is 2. The van der Waals surface area contributed by atoms with Crippen LogP contribution in [0.25, 0.3) is 0 Å². The second-order valence-electron chi connectivity index (χ2n) is 6.24. The Morgan fingerprint density at radius 3 is 2.23 bits per heavy atom. The van der Waals surface area contributed by atoms with E-state index in [1.54, 1.807) is 0 Å². The van der Waals surface area contributed by atoms with E-state index in [9.17, 15) is 4.79 Å². The molecule has 3 aromatic carbocycles. The molecule has 0 heterocycles. The zero-order valence-corrected chi connectivity index (χ0v) is 16.9. The quantitative estimate of drug-likeness (QED) is 0.461. The van der Waals surface area contributed by atoms with Gasteiger partial charge in [-0.25, -0.2) is 0 Å². The van der Waals surface area contributed by atoms with Crippen LogP contribution in [0.4, 0.5) is 11.4 Å². The fourth-order valence-electron chi connectivity index (χ4n) is 2.75.